The van der Waals surface area contributed by atoms with Crippen molar-refractivity contribution < 1.29 is 0 Å². The molecule has 1 heterocycles. The van der Waals surface area contributed by atoms with Gasteiger partial charge in [0.25, 0.3) is 0 Å². The van der Waals surface area contributed by atoms with Gasteiger partial charge in [0.1, 0.15) is 0 Å². The molecular formula is C67H11N. The molecule has 0 radical (unpaired) electrons. The molecule has 28 aromatic carbocycles. The molecule has 0 N–H and O–H groups in total. The number of hydrogen-bond donors (Lipinski definition) is 0. The number of likely N-dealkylation sites (N-methyl/N-ethyl adjacent to an activating group) is 1. The number of likely N-dealkylation sites (tertiary alicyclic amines) is 1. The third-order valence-electron chi connectivity index (χ3n) is 25.7. The summed E-state index contributed by atoms with van der Waals surface area (Å²) in [6.45, 7) is 9.98. The Kier molecular flexibility index (Phi) is 2.05. The molecule has 4 aliphatic carbocycles. The van der Waals surface area contributed by atoms with Crippen molar-refractivity contribution in [1.29, 1.82) is 0 Å². The van der Waals surface area contributed by atoms with Crippen molar-refractivity contribution in [3.8, 4) is 0 Å². The predicted octanol–water partition coefficient (Wildman–Crippen LogP) is 17.3. The zero-order chi connectivity index (χ0) is 40.6. The van der Waals surface area contributed by atoms with Crippen molar-refractivity contribution in [2.24, 2.45) is 0 Å². The molecular weight excluding hydrogens is 819 g/mol. The highest BCUT2D eigenvalue weighted by Gasteiger charge is 2.77. The minimum atomic E-state index is -0.353. The van der Waals surface area contributed by atoms with Gasteiger partial charge in [0.05, 0.1) is 10.8 Å². The van der Waals surface area contributed by atoms with Crippen molar-refractivity contribution in [2.45, 2.75) is 22.9 Å². The Hall–Kier alpha value is -8.10. The monoisotopic (exact) mass is 829 g/mol. The smallest absolute Gasteiger partial charge is 0.0575 e. The molecule has 68 heavy (non-hydrogen) atoms. The second-order valence-electron chi connectivity index (χ2n) is 25.4. The van der Waals surface area contributed by atoms with Crippen molar-refractivity contribution in [3.05, 3.63) is 47.6 Å². The van der Waals surface area contributed by atoms with E-state index in [0.717, 1.165) is 0 Å². The van der Waals surface area contributed by atoms with Crippen molar-refractivity contribution in [3.63, 3.8) is 0 Å². The van der Waals surface area contributed by atoms with Crippen LogP contribution in [0.2, 0.25) is 0 Å². The maximum absolute atomic E-state index is 4.99. The Morgan fingerprint density at radius 2 is 0.324 bits per heavy atom. The summed E-state index contributed by atoms with van der Waals surface area (Å²) in [7, 11) is 2.49. The van der Waals surface area contributed by atoms with Gasteiger partial charge in [-0.25, -0.2) is 0 Å². The fourth-order valence-corrected chi connectivity index (χ4v) is 25.9. The van der Waals surface area contributed by atoms with Crippen molar-refractivity contribution in [2.75, 3.05) is 7.05 Å². The van der Waals surface area contributed by atoms with E-state index >= 15 is 0 Å². The Labute approximate surface area is 371 Å². The summed E-state index contributed by atoms with van der Waals surface area (Å²) in [5, 5.41) is 89.3. The van der Waals surface area contributed by atoms with Crippen LogP contribution in [0.25, 0.3) is 291 Å². The average molecular weight is 830 g/mol. The number of nitrogens with zero attached hydrogens (tertiary/aromatic N) is 1. The summed E-state index contributed by atoms with van der Waals surface area (Å²) in [6, 6.07) is 0.197. The summed E-state index contributed by atoms with van der Waals surface area (Å²) < 4.78 is 0. The summed E-state index contributed by atoms with van der Waals surface area (Å²) >= 11 is 0. The van der Waals surface area contributed by atoms with Gasteiger partial charge >= 0.3 is 0 Å². The van der Waals surface area contributed by atoms with Crippen LogP contribution in [0.3, 0.4) is 0 Å². The lowest BCUT2D eigenvalue weighted by atomic mass is 9.46. The lowest BCUT2D eigenvalue weighted by Crippen LogP contribution is -2.55. The first kappa shape index (κ1) is 25.1. The van der Waals surface area contributed by atoms with Crippen molar-refractivity contribution in [1.82, 2.24) is 4.90 Å². The largest absolute Gasteiger partial charge is 0.291 e. The fourth-order valence-electron chi connectivity index (χ4n) is 25.9. The molecule has 1 heteroatoms. The van der Waals surface area contributed by atoms with Gasteiger partial charge in [-0.05, 0) is 320 Å². The van der Waals surface area contributed by atoms with Gasteiger partial charge in [-0.3, -0.25) is 4.90 Å². The Morgan fingerprint density at radius 3 is 0.426 bits per heavy atom. The SMILES string of the molecule is C=C[C@@H]1N(C)[C@H](C=C)C23c4c5c6c7c8c9c(c%10c%11c2c2c4c4c%12c5c5c6c6c8c8c%13c9c9c%10c%10c%11c%11c2c2c4c4c%12c%12c5c5c6c8c6c8c%13c9c9c%10c%10c%11c2c2c4c4c%12c5c6c5c8c9c%10c2c45)C713. The van der Waals surface area contributed by atoms with Crippen LogP contribution in [-0.2, 0) is 10.8 Å². The van der Waals surface area contributed by atoms with E-state index in [0.29, 0.717) is 0 Å². The first-order valence-electron chi connectivity index (χ1n) is 25.5. The lowest BCUT2D eigenvalue weighted by Gasteiger charge is -2.52. The Balaban J connectivity index is 1.25. The van der Waals surface area contributed by atoms with Crippen LogP contribution in [0.15, 0.2) is 25.3 Å². The van der Waals surface area contributed by atoms with E-state index < -0.39 is 0 Å². The van der Waals surface area contributed by atoms with Gasteiger partial charge in [0.2, 0.25) is 0 Å². The zero-order valence-corrected chi connectivity index (χ0v) is 35.2. The molecule has 0 saturated carbocycles. The highest BCUT2D eigenvalue weighted by Crippen LogP contribution is 2.86. The Morgan fingerprint density at radius 1 is 0.221 bits per heavy atom. The molecule has 0 aromatic heterocycles. The third kappa shape index (κ3) is 1.24. The molecule has 1 aliphatic heterocycles. The molecule has 1 saturated heterocycles. The van der Waals surface area contributed by atoms with Crippen LogP contribution in [-0.4, -0.2) is 24.0 Å². The van der Waals surface area contributed by atoms with Crippen molar-refractivity contribution >= 4 is 291 Å². The fraction of sp³-hybridized carbons (Fsp3) is 0.0746. The topological polar surface area (TPSA) is 3.24 Å². The molecule has 0 unspecified atom stereocenters. The molecule has 2 atom stereocenters. The van der Waals surface area contributed by atoms with Gasteiger partial charge in [0, 0.05) is 12.1 Å². The second-order valence-corrected chi connectivity index (χ2v) is 25.4. The van der Waals surface area contributed by atoms with E-state index in [1.165, 1.54) is 0 Å². The van der Waals surface area contributed by atoms with E-state index in [2.05, 4.69) is 24.1 Å². The lowest BCUT2D eigenvalue weighted by molar-refractivity contribution is 0.285. The standard InChI is InChI=1S/C67H11N/c1-4-6-66-62-54-46-36-26-18-10-8-9-12-16-14(10)22-30-24(16)34-28-20(12)21-13(9)17-15-11(8)19(18)27-33-23(15)31-25(17)35-29(21)39-38(28)48-42(34)52-44(30)50(40(46)32(22)26)58(62)60(52)64-56(48)57-49(39)43(35)53-45(31)51-41(33)47(37(27)36)55(54)63(66)59(51)61(53)65(57)67(64,66)7(5-2)68(6)3/h4-7H,1-2H2,3H3/t6-,7+,66?,67?. The highest BCUT2D eigenvalue weighted by atomic mass is 15.2. The van der Waals surface area contributed by atoms with E-state index in [1.807, 2.05) is 0 Å². The number of rotatable bonds is 2. The molecule has 5 aliphatic rings. The molecule has 284 valence electrons. The summed E-state index contributed by atoms with van der Waals surface area (Å²) in [5.41, 5.74) is 6.16. The molecule has 2 spiro atoms. The summed E-state index contributed by atoms with van der Waals surface area (Å²) in [4.78, 5) is 2.82. The summed E-state index contributed by atoms with van der Waals surface area (Å²) in [6.07, 6.45) is 4.91. The van der Waals surface area contributed by atoms with E-state index in [4.69, 9.17) is 13.2 Å². The first-order chi connectivity index (χ1) is 33.8. The van der Waals surface area contributed by atoms with Crippen LogP contribution in [0.4, 0.5) is 0 Å². The van der Waals surface area contributed by atoms with Gasteiger partial charge < -0.3 is 0 Å². The zero-order valence-electron chi connectivity index (χ0n) is 35.2. The van der Waals surface area contributed by atoms with Gasteiger partial charge in [-0.1, -0.05) is 12.2 Å². The molecule has 33 rings (SSSR count). The van der Waals surface area contributed by atoms with E-state index in [-0.39, 0.29) is 22.9 Å². The first-order valence-corrected chi connectivity index (χ1v) is 25.5. The quantitative estimate of drug-likeness (QED) is 0.124. The van der Waals surface area contributed by atoms with E-state index in [9.17, 15) is 0 Å². The van der Waals surface area contributed by atoms with Crippen LogP contribution < -0.4 is 0 Å². The highest BCUT2D eigenvalue weighted by molar-refractivity contribution is 6.82. The van der Waals surface area contributed by atoms with E-state index in [1.54, 1.807) is 313 Å². The third-order valence-corrected chi connectivity index (χ3v) is 25.7. The van der Waals surface area contributed by atoms with Gasteiger partial charge in [0.15, 0.2) is 0 Å². The Bertz CT molecular complexity index is 6570. The predicted molar refractivity (Wildman–Crippen MR) is 290 cm³/mol. The van der Waals surface area contributed by atoms with Crippen LogP contribution in [0.1, 0.15) is 22.3 Å². The van der Waals surface area contributed by atoms with Crippen LogP contribution >= 0.6 is 0 Å². The molecule has 28 aromatic rings. The molecule has 1 nitrogen and oxygen atoms in total. The number of benzene rings is 18. The summed E-state index contributed by atoms with van der Waals surface area (Å²) in [5.74, 6) is 0. The molecule has 0 bridgehead atoms. The normalized spacial score (nSPS) is 25.3. The molecule has 1 fully saturated rings. The average Bonchev–Trinajstić information content (AvgIpc) is 4.28. The maximum Gasteiger partial charge on any atom is 0.0575 e. The molecule has 0 amide bonds. The maximum atomic E-state index is 4.99. The number of hydrogen-bond acceptors (Lipinski definition) is 1. The van der Waals surface area contributed by atoms with Crippen LogP contribution in [0, 0.1) is 0 Å². The van der Waals surface area contributed by atoms with Gasteiger partial charge in [-0.15, -0.1) is 13.2 Å². The minimum absolute atomic E-state index is 0.0984. The second kappa shape index (κ2) is 5.53. The minimum Gasteiger partial charge on any atom is -0.291 e. The van der Waals surface area contributed by atoms with Crippen LogP contribution in [0.5, 0.6) is 0 Å². The van der Waals surface area contributed by atoms with Gasteiger partial charge in [-0.2, -0.15) is 0 Å².